The summed E-state index contributed by atoms with van der Waals surface area (Å²) >= 11 is 11.9. The Morgan fingerprint density at radius 3 is 2.75 bits per heavy atom. The van der Waals surface area contributed by atoms with Crippen LogP contribution in [0.3, 0.4) is 0 Å². The van der Waals surface area contributed by atoms with Gasteiger partial charge in [-0.2, -0.15) is 0 Å². The summed E-state index contributed by atoms with van der Waals surface area (Å²) in [6.45, 7) is 6.24. The van der Waals surface area contributed by atoms with Crippen LogP contribution in [0, 0.1) is 5.92 Å². The Morgan fingerprint density at radius 2 is 2.06 bits per heavy atom. The van der Waals surface area contributed by atoms with Crippen LogP contribution in [0.15, 0.2) is 24.3 Å². The molecule has 0 fully saturated rings. The normalized spacial score (nSPS) is 11.6. The summed E-state index contributed by atoms with van der Waals surface area (Å²) in [5, 5.41) is 4.76. The Morgan fingerprint density at radius 1 is 1.31 bits per heavy atom. The van der Waals surface area contributed by atoms with E-state index in [0.29, 0.717) is 10.9 Å². The zero-order chi connectivity index (χ0) is 12.0. The summed E-state index contributed by atoms with van der Waals surface area (Å²) in [5.41, 5.74) is 0.959. The molecule has 1 aromatic carbocycles. The van der Waals surface area contributed by atoms with Crippen molar-refractivity contribution >= 4 is 29.3 Å². The van der Waals surface area contributed by atoms with Gasteiger partial charge in [0.1, 0.15) is 0 Å². The van der Waals surface area contributed by atoms with Crippen molar-refractivity contribution in [2.45, 2.75) is 13.8 Å². The first-order valence-electron chi connectivity index (χ1n) is 5.42. The van der Waals surface area contributed by atoms with Gasteiger partial charge in [0.15, 0.2) is 0 Å². The van der Waals surface area contributed by atoms with Crippen LogP contribution in [-0.2, 0) is 0 Å². The van der Waals surface area contributed by atoms with Crippen LogP contribution in [0.5, 0.6) is 0 Å². The molecule has 3 heteroatoms. The maximum Gasteiger partial charge on any atom is 0.0479 e. The lowest BCUT2D eigenvalue weighted by Gasteiger charge is -2.04. The SMILES string of the molecule is CC(C)CNC/C=C/c1cc(Cl)ccc1Cl. The molecule has 0 atom stereocenters. The van der Waals surface area contributed by atoms with Crippen molar-refractivity contribution in [2.24, 2.45) is 5.92 Å². The highest BCUT2D eigenvalue weighted by Crippen LogP contribution is 2.21. The third-order valence-electron chi connectivity index (χ3n) is 2.07. The Hall–Kier alpha value is -0.500. The molecule has 0 aliphatic rings. The average molecular weight is 258 g/mol. The molecule has 1 aromatic rings. The van der Waals surface area contributed by atoms with Gasteiger partial charge >= 0.3 is 0 Å². The van der Waals surface area contributed by atoms with E-state index in [4.69, 9.17) is 23.2 Å². The fourth-order valence-corrected chi connectivity index (χ4v) is 1.64. The Kier molecular flexibility index (Phi) is 5.89. The standard InChI is InChI=1S/C13H17Cl2N/c1-10(2)9-16-7-3-4-11-8-12(14)5-6-13(11)15/h3-6,8,10,16H,7,9H2,1-2H3/b4-3+. The predicted octanol–water partition coefficient (Wildman–Crippen LogP) is 4.25. The number of hydrogen-bond donors (Lipinski definition) is 1. The number of benzene rings is 1. The van der Waals surface area contributed by atoms with E-state index in [2.05, 4.69) is 25.2 Å². The molecular formula is C13H17Cl2N. The van der Waals surface area contributed by atoms with Crippen molar-refractivity contribution in [3.63, 3.8) is 0 Å². The molecule has 0 aliphatic carbocycles. The van der Waals surface area contributed by atoms with Crippen molar-refractivity contribution in [3.8, 4) is 0 Å². The molecule has 0 spiro atoms. The molecule has 1 nitrogen and oxygen atoms in total. The van der Waals surface area contributed by atoms with E-state index in [1.807, 2.05) is 18.2 Å². The summed E-state index contributed by atoms with van der Waals surface area (Å²) < 4.78 is 0. The van der Waals surface area contributed by atoms with Crippen LogP contribution in [0.4, 0.5) is 0 Å². The van der Waals surface area contributed by atoms with Crippen LogP contribution in [0.2, 0.25) is 10.0 Å². The predicted molar refractivity (Wildman–Crippen MR) is 73.2 cm³/mol. The first-order chi connectivity index (χ1) is 7.59. The van der Waals surface area contributed by atoms with E-state index < -0.39 is 0 Å². The van der Waals surface area contributed by atoms with Crippen LogP contribution in [-0.4, -0.2) is 13.1 Å². The van der Waals surface area contributed by atoms with Gasteiger partial charge in [0, 0.05) is 16.6 Å². The monoisotopic (exact) mass is 257 g/mol. The lowest BCUT2D eigenvalue weighted by atomic mass is 10.2. The second-order valence-electron chi connectivity index (χ2n) is 4.12. The Balaban J connectivity index is 2.46. The fourth-order valence-electron chi connectivity index (χ4n) is 1.28. The second kappa shape index (κ2) is 6.95. The third-order valence-corrected chi connectivity index (χ3v) is 2.65. The van der Waals surface area contributed by atoms with E-state index >= 15 is 0 Å². The van der Waals surface area contributed by atoms with E-state index in [1.165, 1.54) is 0 Å². The minimum Gasteiger partial charge on any atom is -0.313 e. The van der Waals surface area contributed by atoms with Crippen LogP contribution in [0.25, 0.3) is 6.08 Å². The first-order valence-corrected chi connectivity index (χ1v) is 6.17. The lowest BCUT2D eigenvalue weighted by molar-refractivity contribution is 0.577. The number of rotatable bonds is 5. The molecule has 0 unspecified atom stereocenters. The maximum atomic E-state index is 6.03. The topological polar surface area (TPSA) is 12.0 Å². The Labute approximate surface area is 107 Å². The van der Waals surface area contributed by atoms with Crippen molar-refractivity contribution in [3.05, 3.63) is 39.9 Å². The van der Waals surface area contributed by atoms with Gasteiger partial charge in [-0.1, -0.05) is 49.2 Å². The molecule has 0 amide bonds. The summed E-state index contributed by atoms with van der Waals surface area (Å²) in [6.07, 6.45) is 4.04. The molecule has 0 bridgehead atoms. The summed E-state index contributed by atoms with van der Waals surface area (Å²) in [4.78, 5) is 0. The maximum absolute atomic E-state index is 6.03. The molecular weight excluding hydrogens is 241 g/mol. The summed E-state index contributed by atoms with van der Waals surface area (Å²) in [7, 11) is 0. The minimum atomic E-state index is 0.670. The molecule has 0 radical (unpaired) electrons. The van der Waals surface area contributed by atoms with E-state index in [1.54, 1.807) is 6.07 Å². The summed E-state index contributed by atoms with van der Waals surface area (Å²) in [5.74, 6) is 0.670. The van der Waals surface area contributed by atoms with Crippen molar-refractivity contribution in [1.29, 1.82) is 0 Å². The highest BCUT2D eigenvalue weighted by atomic mass is 35.5. The van der Waals surface area contributed by atoms with Crippen LogP contribution < -0.4 is 5.32 Å². The smallest absolute Gasteiger partial charge is 0.0479 e. The molecule has 1 rings (SSSR count). The second-order valence-corrected chi connectivity index (χ2v) is 4.96. The largest absolute Gasteiger partial charge is 0.313 e. The molecule has 1 N–H and O–H groups in total. The highest BCUT2D eigenvalue weighted by molar-refractivity contribution is 6.34. The van der Waals surface area contributed by atoms with Crippen molar-refractivity contribution < 1.29 is 0 Å². The van der Waals surface area contributed by atoms with Crippen molar-refractivity contribution in [1.82, 2.24) is 5.32 Å². The van der Waals surface area contributed by atoms with E-state index in [9.17, 15) is 0 Å². The minimum absolute atomic E-state index is 0.670. The van der Waals surface area contributed by atoms with Crippen LogP contribution >= 0.6 is 23.2 Å². The molecule has 0 saturated heterocycles. The third kappa shape index (κ3) is 5.02. The number of nitrogens with one attached hydrogen (secondary N) is 1. The van der Waals surface area contributed by atoms with Gasteiger partial charge in [-0.05, 0) is 36.2 Å². The fraction of sp³-hybridized carbons (Fsp3) is 0.385. The van der Waals surface area contributed by atoms with Gasteiger partial charge in [-0.25, -0.2) is 0 Å². The van der Waals surface area contributed by atoms with Gasteiger partial charge in [-0.15, -0.1) is 0 Å². The molecule has 0 aliphatic heterocycles. The molecule has 16 heavy (non-hydrogen) atoms. The zero-order valence-corrected chi connectivity index (χ0v) is 11.1. The molecule has 0 saturated carbocycles. The van der Waals surface area contributed by atoms with Gasteiger partial charge in [0.2, 0.25) is 0 Å². The first kappa shape index (κ1) is 13.6. The van der Waals surface area contributed by atoms with E-state index in [0.717, 1.165) is 23.7 Å². The van der Waals surface area contributed by atoms with Gasteiger partial charge < -0.3 is 5.32 Å². The summed E-state index contributed by atoms with van der Waals surface area (Å²) in [6, 6.07) is 5.46. The molecule has 88 valence electrons. The van der Waals surface area contributed by atoms with Crippen LogP contribution in [0.1, 0.15) is 19.4 Å². The molecule has 0 aromatic heterocycles. The Bertz CT molecular complexity index is 359. The molecule has 0 heterocycles. The van der Waals surface area contributed by atoms with Crippen molar-refractivity contribution in [2.75, 3.05) is 13.1 Å². The average Bonchev–Trinajstić information content (AvgIpc) is 2.22. The van der Waals surface area contributed by atoms with Gasteiger partial charge in [-0.3, -0.25) is 0 Å². The lowest BCUT2D eigenvalue weighted by Crippen LogP contribution is -2.19. The zero-order valence-electron chi connectivity index (χ0n) is 9.63. The quantitative estimate of drug-likeness (QED) is 0.778. The van der Waals surface area contributed by atoms with Gasteiger partial charge in [0.05, 0.1) is 0 Å². The van der Waals surface area contributed by atoms with Gasteiger partial charge in [0.25, 0.3) is 0 Å². The highest BCUT2D eigenvalue weighted by Gasteiger charge is 1.96. The van der Waals surface area contributed by atoms with E-state index in [-0.39, 0.29) is 0 Å². The number of hydrogen-bond acceptors (Lipinski definition) is 1. The number of halogens is 2.